The third-order valence-corrected chi connectivity index (χ3v) is 12.6. The Labute approximate surface area is 264 Å². The predicted molar refractivity (Wildman–Crippen MR) is 165 cm³/mol. The van der Waals surface area contributed by atoms with Crippen LogP contribution in [0.15, 0.2) is 10.1 Å². The Kier molecular flexibility index (Phi) is 11.0. The van der Waals surface area contributed by atoms with Gasteiger partial charge in [-0.2, -0.15) is 17.5 Å². The lowest BCUT2D eigenvalue weighted by Crippen LogP contribution is -2.46. The predicted octanol–water partition coefficient (Wildman–Crippen LogP) is 4.54. The summed E-state index contributed by atoms with van der Waals surface area (Å²) in [6.45, 7) is 7.54. The van der Waals surface area contributed by atoms with Crippen LogP contribution in [0.2, 0.25) is 0 Å². The zero-order valence-electron chi connectivity index (χ0n) is 24.0. The number of carbonyl (C=O) groups excluding carboxylic acids is 2. The fourth-order valence-corrected chi connectivity index (χ4v) is 10.3. The van der Waals surface area contributed by atoms with Crippen LogP contribution < -0.4 is 0 Å². The minimum atomic E-state index is -0.902. The zero-order chi connectivity index (χ0) is 28.7. The Balaban J connectivity index is 0.800. The SMILES string of the molecule is O=C(OCCCCSc1nsnc1C1CN2CCC1CC2)C(=O)OCCCCSc1nsnc1C1CN2CCC1CC2. The van der Waals surface area contributed by atoms with Gasteiger partial charge in [0.05, 0.1) is 48.1 Å². The van der Waals surface area contributed by atoms with Crippen molar-refractivity contribution in [2.45, 2.75) is 73.3 Å². The second-order valence-electron chi connectivity index (χ2n) is 11.8. The zero-order valence-corrected chi connectivity index (χ0v) is 27.3. The van der Waals surface area contributed by atoms with Crippen LogP contribution in [0.5, 0.6) is 0 Å². The number of fused-ring (bicyclic) bond motifs is 6. The lowest BCUT2D eigenvalue weighted by molar-refractivity contribution is -0.167. The van der Waals surface area contributed by atoms with Crippen molar-refractivity contribution in [3.05, 3.63) is 11.4 Å². The highest BCUT2D eigenvalue weighted by molar-refractivity contribution is 7.99. The van der Waals surface area contributed by atoms with E-state index < -0.39 is 11.9 Å². The first-order valence-corrected chi connectivity index (χ1v) is 18.8. The van der Waals surface area contributed by atoms with Crippen molar-refractivity contribution in [2.75, 3.05) is 64.0 Å². The molecule has 6 aliphatic rings. The van der Waals surface area contributed by atoms with Gasteiger partial charge >= 0.3 is 11.9 Å². The molecule has 2 unspecified atom stereocenters. The molecule has 0 aromatic carbocycles. The van der Waals surface area contributed by atoms with Gasteiger partial charge in [0.2, 0.25) is 0 Å². The average Bonchev–Trinajstić information content (AvgIpc) is 3.71. The molecule has 2 aromatic heterocycles. The summed E-state index contributed by atoms with van der Waals surface area (Å²) in [7, 11) is 0. The third-order valence-electron chi connectivity index (χ3n) is 9.17. The maximum Gasteiger partial charge on any atom is 0.417 e. The molecule has 10 nitrogen and oxygen atoms in total. The molecule has 8 rings (SSSR count). The molecule has 2 aromatic rings. The lowest BCUT2D eigenvalue weighted by Gasteiger charge is -2.44. The molecule has 6 fully saturated rings. The van der Waals surface area contributed by atoms with E-state index in [9.17, 15) is 9.59 Å². The van der Waals surface area contributed by atoms with Crippen molar-refractivity contribution in [1.29, 1.82) is 0 Å². The van der Waals surface area contributed by atoms with Gasteiger partial charge in [-0.1, -0.05) is 0 Å². The standard InChI is InChI=1S/C28H40N6O4S4/c35-27(37-13-1-3-15-39-25-23(29-41-31-25)21-17-33-9-5-19(21)6-10-33)28(36)38-14-2-4-16-40-26-24(30-42-32-26)22-18-34-11-7-20(22)8-12-34/h19-22H,1-18H2. The van der Waals surface area contributed by atoms with Crippen LogP contribution in [0, 0.1) is 11.8 Å². The molecule has 230 valence electrons. The number of rotatable bonds is 14. The van der Waals surface area contributed by atoms with Crippen LogP contribution in [-0.2, 0) is 19.1 Å². The second-order valence-corrected chi connectivity index (χ2v) is 15.0. The average molecular weight is 653 g/mol. The molecule has 2 atom stereocenters. The molecule has 8 heterocycles. The maximum atomic E-state index is 12.0. The molecular formula is C28H40N6O4S4. The number of ether oxygens (including phenoxy) is 2. The van der Waals surface area contributed by atoms with Gasteiger partial charge < -0.3 is 19.3 Å². The monoisotopic (exact) mass is 652 g/mol. The van der Waals surface area contributed by atoms with Crippen molar-refractivity contribution >= 4 is 58.9 Å². The van der Waals surface area contributed by atoms with Gasteiger partial charge in [0, 0.05) is 24.9 Å². The van der Waals surface area contributed by atoms with Crippen molar-refractivity contribution in [2.24, 2.45) is 11.8 Å². The van der Waals surface area contributed by atoms with Crippen LogP contribution in [-0.4, -0.2) is 103 Å². The number of thioether (sulfide) groups is 2. The summed E-state index contributed by atoms with van der Waals surface area (Å²) in [5.74, 6) is 2.48. The van der Waals surface area contributed by atoms with E-state index in [1.807, 2.05) is 0 Å². The van der Waals surface area contributed by atoms with E-state index in [1.54, 1.807) is 23.5 Å². The number of aromatic nitrogens is 4. The molecule has 6 aliphatic heterocycles. The summed E-state index contributed by atoms with van der Waals surface area (Å²) >= 11 is 6.11. The Morgan fingerprint density at radius 2 is 1.10 bits per heavy atom. The van der Waals surface area contributed by atoms with Gasteiger partial charge in [0.25, 0.3) is 0 Å². The summed E-state index contributed by atoms with van der Waals surface area (Å²) in [6.07, 6.45) is 8.22. The molecule has 0 N–H and O–H groups in total. The Hall–Kier alpha value is -1.32. The summed E-state index contributed by atoms with van der Waals surface area (Å²) in [5.41, 5.74) is 2.36. The van der Waals surface area contributed by atoms with Crippen LogP contribution >= 0.6 is 47.0 Å². The lowest BCUT2D eigenvalue weighted by atomic mass is 9.78. The molecule has 0 spiro atoms. The van der Waals surface area contributed by atoms with E-state index in [0.29, 0.717) is 24.7 Å². The van der Waals surface area contributed by atoms with Gasteiger partial charge in [0.1, 0.15) is 10.1 Å². The molecule has 0 radical (unpaired) electrons. The van der Waals surface area contributed by atoms with Crippen molar-refractivity contribution in [3.8, 4) is 0 Å². The number of hydrogen-bond donors (Lipinski definition) is 0. The van der Waals surface area contributed by atoms with Crippen LogP contribution in [0.3, 0.4) is 0 Å². The number of piperidine rings is 6. The van der Waals surface area contributed by atoms with Gasteiger partial charge in [-0.3, -0.25) is 0 Å². The molecule has 42 heavy (non-hydrogen) atoms. The minimum absolute atomic E-state index is 0.219. The third kappa shape index (κ3) is 7.66. The fraction of sp³-hybridized carbons (Fsp3) is 0.786. The van der Waals surface area contributed by atoms with Crippen molar-refractivity contribution in [3.63, 3.8) is 0 Å². The highest BCUT2D eigenvalue weighted by Gasteiger charge is 2.38. The van der Waals surface area contributed by atoms with Crippen molar-refractivity contribution in [1.82, 2.24) is 27.3 Å². The number of unbranched alkanes of at least 4 members (excludes halogenated alkanes) is 2. The molecule has 0 amide bonds. The van der Waals surface area contributed by atoms with Gasteiger partial charge in [-0.05, 0) is 101 Å². The number of nitrogens with zero attached hydrogens (tertiary/aromatic N) is 6. The topological polar surface area (TPSA) is 111 Å². The smallest absolute Gasteiger partial charge is 0.417 e. The van der Waals surface area contributed by atoms with E-state index in [1.165, 1.54) is 86.7 Å². The Morgan fingerprint density at radius 1 is 0.667 bits per heavy atom. The minimum Gasteiger partial charge on any atom is -0.457 e. The highest BCUT2D eigenvalue weighted by atomic mass is 32.2. The van der Waals surface area contributed by atoms with Gasteiger partial charge in [-0.15, -0.1) is 23.5 Å². The van der Waals surface area contributed by atoms with Crippen LogP contribution in [0.1, 0.15) is 74.6 Å². The number of hydrogen-bond acceptors (Lipinski definition) is 14. The van der Waals surface area contributed by atoms with Gasteiger partial charge in [-0.25, -0.2) is 9.59 Å². The summed E-state index contributed by atoms with van der Waals surface area (Å²) in [5, 5.41) is 2.13. The quantitative estimate of drug-likeness (QED) is 0.124. The number of carbonyl (C=O) groups is 2. The molecule has 14 heteroatoms. The fourth-order valence-electron chi connectivity index (χ4n) is 6.77. The molecule has 0 saturated carbocycles. The largest absolute Gasteiger partial charge is 0.457 e. The Bertz CT molecular complexity index is 1090. The van der Waals surface area contributed by atoms with E-state index >= 15 is 0 Å². The maximum absolute atomic E-state index is 12.0. The summed E-state index contributed by atoms with van der Waals surface area (Å²) in [4.78, 5) is 29.1. The molecule has 6 saturated heterocycles. The summed E-state index contributed by atoms with van der Waals surface area (Å²) in [6, 6.07) is 0. The first-order chi connectivity index (χ1) is 20.7. The highest BCUT2D eigenvalue weighted by Crippen LogP contribution is 2.42. The number of esters is 2. The summed E-state index contributed by atoms with van der Waals surface area (Å²) < 4.78 is 28.7. The normalized spacial score (nSPS) is 28.2. The van der Waals surface area contributed by atoms with Gasteiger partial charge in [0.15, 0.2) is 0 Å². The van der Waals surface area contributed by atoms with Crippen LogP contribution in [0.4, 0.5) is 0 Å². The first-order valence-electron chi connectivity index (χ1n) is 15.3. The first kappa shape index (κ1) is 30.7. The molecule has 0 aliphatic carbocycles. The van der Waals surface area contributed by atoms with E-state index in [2.05, 4.69) is 27.3 Å². The van der Waals surface area contributed by atoms with E-state index in [-0.39, 0.29) is 13.2 Å². The second kappa shape index (κ2) is 15.1. The van der Waals surface area contributed by atoms with Crippen molar-refractivity contribution < 1.29 is 19.1 Å². The van der Waals surface area contributed by atoms with Crippen LogP contribution in [0.25, 0.3) is 0 Å². The van der Waals surface area contributed by atoms with E-state index in [4.69, 9.17) is 9.47 Å². The molecular weight excluding hydrogens is 613 g/mol. The molecule has 4 bridgehead atoms. The Morgan fingerprint density at radius 3 is 1.48 bits per heavy atom. The van der Waals surface area contributed by atoms with E-state index in [0.717, 1.165) is 59.3 Å².